The fourth-order valence-electron chi connectivity index (χ4n) is 4.22. The monoisotopic (exact) mass is 469 g/mol. The third-order valence-corrected chi connectivity index (χ3v) is 7.96. The van der Waals surface area contributed by atoms with Gasteiger partial charge in [0.2, 0.25) is 16.0 Å². The van der Waals surface area contributed by atoms with E-state index in [-0.39, 0.29) is 11.8 Å². The van der Waals surface area contributed by atoms with Crippen molar-refractivity contribution in [3.63, 3.8) is 0 Å². The summed E-state index contributed by atoms with van der Waals surface area (Å²) < 4.78 is 33.4. The first kappa shape index (κ1) is 21.7. The highest BCUT2D eigenvalue weighted by molar-refractivity contribution is 7.93. The minimum atomic E-state index is -3.25. The fourth-order valence-corrected chi connectivity index (χ4v) is 5.78. The van der Waals surface area contributed by atoms with Crippen LogP contribution < -0.4 is 20.1 Å². The summed E-state index contributed by atoms with van der Waals surface area (Å²) in [6.45, 7) is 1.03. The summed E-state index contributed by atoms with van der Waals surface area (Å²) in [7, 11) is -1.67. The third kappa shape index (κ3) is 4.38. The number of nitrogens with zero attached hydrogens (tertiary/aromatic N) is 5. The van der Waals surface area contributed by atoms with Gasteiger partial charge in [0.25, 0.3) is 0 Å². The van der Waals surface area contributed by atoms with Crippen molar-refractivity contribution < 1.29 is 13.2 Å². The molecule has 1 unspecified atom stereocenters. The minimum Gasteiger partial charge on any atom is -0.493 e. The Hall–Kier alpha value is -3.18. The van der Waals surface area contributed by atoms with Crippen molar-refractivity contribution in [1.82, 2.24) is 19.7 Å². The lowest BCUT2D eigenvalue weighted by atomic mass is 10.2. The van der Waals surface area contributed by atoms with Crippen LogP contribution in [0.2, 0.25) is 0 Å². The SMILES string of the molecule is COc1cnc(Nc2cccc(N3CCCS3(=O)=O)c2)nc1-c1cnn(C(CN)C2CC2)c1. The summed E-state index contributed by atoms with van der Waals surface area (Å²) in [5.74, 6) is 1.67. The molecule has 1 aliphatic carbocycles. The molecule has 10 nitrogen and oxygen atoms in total. The van der Waals surface area contributed by atoms with E-state index in [2.05, 4.69) is 20.4 Å². The number of hydrogen-bond donors (Lipinski definition) is 2. The minimum absolute atomic E-state index is 0.176. The van der Waals surface area contributed by atoms with Crippen LogP contribution in [0.15, 0.2) is 42.9 Å². The number of ether oxygens (including phenoxy) is 1. The zero-order chi connectivity index (χ0) is 23.0. The van der Waals surface area contributed by atoms with Gasteiger partial charge in [0.15, 0.2) is 5.75 Å². The number of nitrogens with two attached hydrogens (primary N) is 1. The summed E-state index contributed by atoms with van der Waals surface area (Å²) in [4.78, 5) is 9.02. The number of benzene rings is 1. The average Bonchev–Trinajstić information content (AvgIpc) is 3.41. The molecular formula is C22H27N7O3S. The van der Waals surface area contributed by atoms with Crippen LogP contribution in [0, 0.1) is 5.92 Å². The molecule has 33 heavy (non-hydrogen) atoms. The Bertz CT molecular complexity index is 1260. The highest BCUT2D eigenvalue weighted by atomic mass is 32.2. The van der Waals surface area contributed by atoms with Crippen molar-refractivity contribution in [2.45, 2.75) is 25.3 Å². The average molecular weight is 470 g/mol. The molecule has 1 saturated heterocycles. The molecule has 2 aliphatic rings. The zero-order valence-electron chi connectivity index (χ0n) is 18.4. The molecule has 11 heteroatoms. The quantitative estimate of drug-likeness (QED) is 0.515. The normalized spacial score (nSPS) is 18.3. The van der Waals surface area contributed by atoms with Gasteiger partial charge in [0, 0.05) is 30.5 Å². The number of rotatable bonds is 8. The Labute approximate surface area is 192 Å². The first-order valence-electron chi connectivity index (χ1n) is 11.0. The maximum absolute atomic E-state index is 12.3. The molecule has 0 amide bonds. The van der Waals surface area contributed by atoms with E-state index in [0.717, 1.165) is 5.56 Å². The fraction of sp³-hybridized carbons (Fsp3) is 0.409. The van der Waals surface area contributed by atoms with Crippen LogP contribution in [0.4, 0.5) is 17.3 Å². The number of nitrogens with one attached hydrogen (secondary N) is 1. The smallest absolute Gasteiger partial charge is 0.235 e. The molecule has 0 bridgehead atoms. The van der Waals surface area contributed by atoms with E-state index in [1.807, 2.05) is 23.0 Å². The first-order valence-corrected chi connectivity index (χ1v) is 12.6. The molecule has 3 N–H and O–H groups in total. The molecule has 2 aromatic heterocycles. The lowest BCUT2D eigenvalue weighted by Crippen LogP contribution is -2.25. The van der Waals surface area contributed by atoms with E-state index in [9.17, 15) is 8.42 Å². The number of aromatic nitrogens is 4. The van der Waals surface area contributed by atoms with Crippen molar-refractivity contribution in [3.05, 3.63) is 42.9 Å². The van der Waals surface area contributed by atoms with Crippen LogP contribution in [0.1, 0.15) is 25.3 Å². The molecule has 0 radical (unpaired) electrons. The van der Waals surface area contributed by atoms with Crippen LogP contribution >= 0.6 is 0 Å². The zero-order valence-corrected chi connectivity index (χ0v) is 19.2. The lowest BCUT2D eigenvalue weighted by Gasteiger charge is -2.18. The standard InChI is InChI=1S/C22H27N7O3S/c1-32-20-13-24-22(26-17-4-2-5-18(10-17)29-8-3-9-33(29,30)31)27-21(20)16-12-25-28(14-16)19(11-23)15-6-7-15/h2,4-5,10,12-15,19H,3,6-9,11,23H2,1H3,(H,24,26,27). The van der Waals surface area contributed by atoms with Gasteiger partial charge in [-0.05, 0) is 43.4 Å². The molecule has 1 aliphatic heterocycles. The molecule has 3 heterocycles. The predicted octanol–water partition coefficient (Wildman–Crippen LogP) is 2.54. The molecule has 3 aromatic rings. The second-order valence-corrected chi connectivity index (χ2v) is 10.4. The van der Waals surface area contributed by atoms with Gasteiger partial charge in [-0.2, -0.15) is 5.10 Å². The maximum Gasteiger partial charge on any atom is 0.235 e. The van der Waals surface area contributed by atoms with Gasteiger partial charge in [0.05, 0.1) is 37.0 Å². The first-order chi connectivity index (χ1) is 16.0. The molecule has 1 aromatic carbocycles. The van der Waals surface area contributed by atoms with Crippen molar-refractivity contribution in [3.8, 4) is 17.0 Å². The summed E-state index contributed by atoms with van der Waals surface area (Å²) in [6.07, 6.45) is 8.31. The summed E-state index contributed by atoms with van der Waals surface area (Å²) in [6, 6.07) is 7.42. The Kier molecular flexibility index (Phi) is 5.67. The van der Waals surface area contributed by atoms with Crippen molar-refractivity contribution >= 4 is 27.3 Å². The van der Waals surface area contributed by atoms with E-state index >= 15 is 0 Å². The van der Waals surface area contributed by atoms with E-state index in [4.69, 9.17) is 10.5 Å². The van der Waals surface area contributed by atoms with E-state index in [1.54, 1.807) is 31.6 Å². The van der Waals surface area contributed by atoms with Gasteiger partial charge in [-0.25, -0.2) is 18.4 Å². The third-order valence-electron chi connectivity index (χ3n) is 6.09. The summed E-state index contributed by atoms with van der Waals surface area (Å²) in [5.41, 5.74) is 8.72. The lowest BCUT2D eigenvalue weighted by molar-refractivity contribution is 0.412. The summed E-state index contributed by atoms with van der Waals surface area (Å²) in [5, 5.41) is 7.70. The molecule has 2 fully saturated rings. The number of anilines is 3. The molecular weight excluding hydrogens is 442 g/mol. The van der Waals surface area contributed by atoms with E-state index in [0.29, 0.717) is 54.2 Å². The van der Waals surface area contributed by atoms with Gasteiger partial charge in [-0.3, -0.25) is 8.99 Å². The van der Waals surface area contributed by atoms with E-state index in [1.165, 1.54) is 17.1 Å². The molecule has 1 atom stereocenters. The molecule has 1 saturated carbocycles. The van der Waals surface area contributed by atoms with E-state index < -0.39 is 10.0 Å². The topological polar surface area (TPSA) is 128 Å². The largest absolute Gasteiger partial charge is 0.493 e. The highest BCUT2D eigenvalue weighted by Crippen LogP contribution is 2.39. The maximum atomic E-state index is 12.3. The Balaban J connectivity index is 1.41. The molecule has 174 valence electrons. The highest BCUT2D eigenvalue weighted by Gasteiger charge is 2.32. The van der Waals surface area contributed by atoms with Gasteiger partial charge < -0.3 is 15.8 Å². The molecule has 5 rings (SSSR count). The number of hydrogen-bond acceptors (Lipinski definition) is 8. The Morgan fingerprint density at radius 2 is 2.15 bits per heavy atom. The van der Waals surface area contributed by atoms with Crippen LogP contribution in [0.25, 0.3) is 11.3 Å². The van der Waals surface area contributed by atoms with Crippen molar-refractivity contribution in [1.29, 1.82) is 0 Å². The Morgan fingerprint density at radius 1 is 1.30 bits per heavy atom. The van der Waals surface area contributed by atoms with Gasteiger partial charge >= 0.3 is 0 Å². The van der Waals surface area contributed by atoms with Gasteiger partial charge in [0.1, 0.15) is 5.69 Å². The van der Waals surface area contributed by atoms with Crippen molar-refractivity contribution in [2.24, 2.45) is 11.7 Å². The summed E-state index contributed by atoms with van der Waals surface area (Å²) >= 11 is 0. The van der Waals surface area contributed by atoms with Gasteiger partial charge in [-0.1, -0.05) is 6.07 Å². The van der Waals surface area contributed by atoms with Crippen LogP contribution in [0.3, 0.4) is 0 Å². The van der Waals surface area contributed by atoms with Crippen LogP contribution in [-0.4, -0.2) is 54.1 Å². The Morgan fingerprint density at radius 3 is 2.85 bits per heavy atom. The number of sulfonamides is 1. The van der Waals surface area contributed by atoms with Gasteiger partial charge in [-0.15, -0.1) is 0 Å². The van der Waals surface area contributed by atoms with Crippen molar-refractivity contribution in [2.75, 3.05) is 35.6 Å². The second kappa shape index (κ2) is 8.64. The molecule has 0 spiro atoms. The van der Waals surface area contributed by atoms with Crippen LogP contribution in [0.5, 0.6) is 5.75 Å². The predicted molar refractivity (Wildman–Crippen MR) is 126 cm³/mol. The number of methoxy groups -OCH3 is 1. The second-order valence-electron chi connectivity index (χ2n) is 8.38. The van der Waals surface area contributed by atoms with Crippen LogP contribution in [-0.2, 0) is 10.0 Å².